The van der Waals surface area contributed by atoms with E-state index in [4.69, 9.17) is 4.74 Å². The van der Waals surface area contributed by atoms with Gasteiger partial charge < -0.3 is 15.2 Å². The van der Waals surface area contributed by atoms with Gasteiger partial charge in [0.15, 0.2) is 0 Å². The molecule has 0 aromatic heterocycles. The van der Waals surface area contributed by atoms with E-state index in [1.807, 2.05) is 20.8 Å². The zero-order valence-corrected chi connectivity index (χ0v) is 12.3. The number of rotatable bonds is 1. The predicted molar refractivity (Wildman–Crippen MR) is 73.8 cm³/mol. The Morgan fingerprint density at radius 1 is 1.16 bits per heavy atom. The first kappa shape index (κ1) is 14.6. The van der Waals surface area contributed by atoms with Crippen molar-refractivity contribution in [2.45, 2.75) is 77.0 Å². The molecule has 2 fully saturated rings. The van der Waals surface area contributed by atoms with Crippen molar-refractivity contribution in [1.82, 2.24) is 5.32 Å². The van der Waals surface area contributed by atoms with Crippen LogP contribution in [0.15, 0.2) is 0 Å². The van der Waals surface area contributed by atoms with Crippen LogP contribution in [0, 0.1) is 11.8 Å². The van der Waals surface area contributed by atoms with Gasteiger partial charge in [-0.2, -0.15) is 0 Å². The predicted octanol–water partition coefficient (Wildman–Crippen LogP) is 2.84. The van der Waals surface area contributed by atoms with Gasteiger partial charge in [-0.05, 0) is 45.4 Å². The molecule has 1 amide bonds. The van der Waals surface area contributed by atoms with Gasteiger partial charge in [-0.15, -0.1) is 0 Å². The zero-order valence-electron chi connectivity index (χ0n) is 12.3. The minimum Gasteiger partial charge on any atom is -0.444 e. The summed E-state index contributed by atoms with van der Waals surface area (Å²) in [6.45, 7) is 5.54. The summed E-state index contributed by atoms with van der Waals surface area (Å²) in [5, 5.41) is 13.0. The van der Waals surface area contributed by atoms with Crippen molar-refractivity contribution in [2.75, 3.05) is 0 Å². The monoisotopic (exact) mass is 269 g/mol. The highest BCUT2D eigenvalue weighted by Crippen LogP contribution is 2.40. The summed E-state index contributed by atoms with van der Waals surface area (Å²) in [4.78, 5) is 11.8. The second-order valence-corrected chi connectivity index (χ2v) is 7.10. The number of aliphatic hydroxyl groups excluding tert-OH is 1. The van der Waals surface area contributed by atoms with E-state index in [-0.39, 0.29) is 6.04 Å². The number of nitrogens with one attached hydrogen (secondary N) is 1. The van der Waals surface area contributed by atoms with Crippen molar-refractivity contribution in [1.29, 1.82) is 0 Å². The lowest BCUT2D eigenvalue weighted by Crippen LogP contribution is -2.51. The van der Waals surface area contributed by atoms with Gasteiger partial charge in [-0.1, -0.05) is 25.7 Å². The maximum Gasteiger partial charge on any atom is 0.407 e. The number of hydrogen-bond donors (Lipinski definition) is 2. The van der Waals surface area contributed by atoms with Crippen molar-refractivity contribution >= 4 is 6.09 Å². The summed E-state index contributed by atoms with van der Waals surface area (Å²) >= 11 is 0. The zero-order chi connectivity index (χ0) is 14.0. The second kappa shape index (κ2) is 5.70. The van der Waals surface area contributed by atoms with E-state index in [0.717, 1.165) is 12.8 Å². The first-order valence-corrected chi connectivity index (χ1v) is 7.53. The molecule has 2 aliphatic carbocycles. The molecule has 0 aromatic rings. The molecule has 110 valence electrons. The summed E-state index contributed by atoms with van der Waals surface area (Å²) in [6.07, 6.45) is 5.94. The highest BCUT2D eigenvalue weighted by atomic mass is 16.6. The average Bonchev–Trinajstić information content (AvgIpc) is 2.27. The van der Waals surface area contributed by atoms with Crippen molar-refractivity contribution < 1.29 is 14.6 Å². The third-order valence-corrected chi connectivity index (χ3v) is 4.33. The lowest BCUT2D eigenvalue weighted by molar-refractivity contribution is 0.00640. The molecule has 4 nitrogen and oxygen atoms in total. The minimum atomic E-state index is -0.489. The Balaban J connectivity index is 1.88. The minimum absolute atomic E-state index is 0.144. The molecule has 0 heterocycles. The van der Waals surface area contributed by atoms with Crippen molar-refractivity contribution in [3.8, 4) is 0 Å². The number of carbonyl (C=O) groups excluding carboxylic acids is 1. The Morgan fingerprint density at radius 3 is 2.32 bits per heavy atom. The normalized spacial score (nSPS) is 35.4. The molecule has 0 spiro atoms. The molecule has 0 saturated heterocycles. The van der Waals surface area contributed by atoms with Crippen LogP contribution < -0.4 is 5.32 Å². The Morgan fingerprint density at radius 2 is 1.74 bits per heavy atom. The molecule has 0 radical (unpaired) electrons. The largest absolute Gasteiger partial charge is 0.444 e. The standard InChI is InChI=1S/C15H27NO3/c1-15(2,3)19-14(18)16-12-8-10-6-4-5-7-11(10)9-13(12)17/h10-13,17H,4-9H2,1-3H3,(H,16,18). The Labute approximate surface area is 115 Å². The maximum atomic E-state index is 11.8. The van der Waals surface area contributed by atoms with E-state index in [9.17, 15) is 9.90 Å². The van der Waals surface area contributed by atoms with E-state index < -0.39 is 17.8 Å². The molecule has 0 aromatic carbocycles. The van der Waals surface area contributed by atoms with E-state index in [1.165, 1.54) is 25.7 Å². The van der Waals surface area contributed by atoms with Crippen molar-refractivity contribution in [3.05, 3.63) is 0 Å². The number of hydrogen-bond acceptors (Lipinski definition) is 3. The van der Waals surface area contributed by atoms with Crippen LogP contribution in [0.2, 0.25) is 0 Å². The highest BCUT2D eigenvalue weighted by Gasteiger charge is 2.38. The second-order valence-electron chi connectivity index (χ2n) is 7.10. The third kappa shape index (κ3) is 4.10. The molecule has 4 atom stereocenters. The van der Waals surface area contributed by atoms with Gasteiger partial charge in [0.1, 0.15) is 5.60 Å². The lowest BCUT2D eigenvalue weighted by atomic mass is 9.68. The van der Waals surface area contributed by atoms with E-state index in [0.29, 0.717) is 11.8 Å². The maximum absolute atomic E-state index is 11.8. The number of fused-ring (bicyclic) bond motifs is 1. The number of aliphatic hydroxyl groups is 1. The van der Waals surface area contributed by atoms with Gasteiger partial charge in [-0.25, -0.2) is 4.79 Å². The Kier molecular flexibility index (Phi) is 4.39. The highest BCUT2D eigenvalue weighted by molar-refractivity contribution is 5.68. The smallest absolute Gasteiger partial charge is 0.407 e. The summed E-state index contributed by atoms with van der Waals surface area (Å²) in [6, 6.07) is -0.144. The van der Waals surface area contributed by atoms with E-state index >= 15 is 0 Å². The van der Waals surface area contributed by atoms with Crippen molar-refractivity contribution in [2.24, 2.45) is 11.8 Å². The fraction of sp³-hybridized carbons (Fsp3) is 0.933. The van der Waals surface area contributed by atoms with Gasteiger partial charge in [0, 0.05) is 0 Å². The molecule has 2 rings (SSSR count). The number of carbonyl (C=O) groups is 1. The molecular weight excluding hydrogens is 242 g/mol. The molecule has 2 aliphatic rings. The number of amides is 1. The van der Waals surface area contributed by atoms with Crippen LogP contribution in [0.4, 0.5) is 4.79 Å². The van der Waals surface area contributed by atoms with Crippen LogP contribution >= 0.6 is 0 Å². The molecule has 4 heteroatoms. The van der Waals surface area contributed by atoms with Crippen LogP contribution in [-0.4, -0.2) is 28.9 Å². The van der Waals surface area contributed by atoms with Gasteiger partial charge >= 0.3 is 6.09 Å². The van der Waals surface area contributed by atoms with Crippen LogP contribution in [0.5, 0.6) is 0 Å². The van der Waals surface area contributed by atoms with Gasteiger partial charge in [0.2, 0.25) is 0 Å². The fourth-order valence-electron chi connectivity index (χ4n) is 3.48. The van der Waals surface area contributed by atoms with Crippen LogP contribution in [0.3, 0.4) is 0 Å². The average molecular weight is 269 g/mol. The summed E-state index contributed by atoms with van der Waals surface area (Å²) in [5.41, 5.74) is -0.489. The van der Waals surface area contributed by atoms with Gasteiger partial charge in [-0.3, -0.25) is 0 Å². The first-order valence-electron chi connectivity index (χ1n) is 7.53. The fourth-order valence-corrected chi connectivity index (χ4v) is 3.48. The summed E-state index contributed by atoms with van der Waals surface area (Å²) in [5.74, 6) is 1.32. The lowest BCUT2D eigenvalue weighted by Gasteiger charge is -2.42. The van der Waals surface area contributed by atoms with Gasteiger partial charge in [0.05, 0.1) is 12.1 Å². The SMILES string of the molecule is CC(C)(C)OC(=O)NC1CC2CCCCC2CC1O. The number of ether oxygens (including phenoxy) is 1. The molecule has 0 aliphatic heterocycles. The van der Waals surface area contributed by atoms with Crippen molar-refractivity contribution in [3.63, 3.8) is 0 Å². The molecular formula is C15H27NO3. The van der Waals surface area contributed by atoms with Crippen LogP contribution in [0.25, 0.3) is 0 Å². The molecule has 0 bridgehead atoms. The Hall–Kier alpha value is -0.770. The Bertz CT molecular complexity index is 324. The van der Waals surface area contributed by atoms with E-state index in [2.05, 4.69) is 5.32 Å². The van der Waals surface area contributed by atoms with Crippen LogP contribution in [-0.2, 0) is 4.74 Å². The van der Waals surface area contributed by atoms with Gasteiger partial charge in [0.25, 0.3) is 0 Å². The van der Waals surface area contributed by atoms with Crippen LogP contribution in [0.1, 0.15) is 59.3 Å². The molecule has 4 unspecified atom stereocenters. The molecule has 2 saturated carbocycles. The first-order chi connectivity index (χ1) is 8.85. The third-order valence-electron chi connectivity index (χ3n) is 4.33. The number of alkyl carbamates (subject to hydrolysis) is 1. The molecule has 19 heavy (non-hydrogen) atoms. The van der Waals surface area contributed by atoms with E-state index in [1.54, 1.807) is 0 Å². The quantitative estimate of drug-likeness (QED) is 0.769. The topological polar surface area (TPSA) is 58.6 Å². The molecule has 2 N–H and O–H groups in total. The summed E-state index contributed by atoms with van der Waals surface area (Å²) < 4.78 is 5.26. The summed E-state index contributed by atoms with van der Waals surface area (Å²) in [7, 11) is 0.